The van der Waals surface area contributed by atoms with Crippen LogP contribution in [0.1, 0.15) is 49.9 Å². The van der Waals surface area contributed by atoms with Crippen molar-refractivity contribution in [2.75, 3.05) is 13.1 Å². The first-order valence-electron chi connectivity index (χ1n) is 6.88. The minimum Gasteiger partial charge on any atom is -0.507 e. The second kappa shape index (κ2) is 7.77. The average molecular weight is 267 g/mol. The Morgan fingerprint density at radius 2 is 1.79 bits per heavy atom. The normalized spacial score (nSPS) is 10.5. The molecule has 0 saturated heterocycles. The molecule has 106 valence electrons. The fourth-order valence-corrected chi connectivity index (χ4v) is 1.87. The van der Waals surface area contributed by atoms with Gasteiger partial charge in [0, 0.05) is 19.2 Å². The first-order chi connectivity index (χ1) is 9.10. The van der Waals surface area contributed by atoms with Gasteiger partial charge in [-0.2, -0.15) is 0 Å². The Labute approximate surface area is 114 Å². The molecule has 1 aromatic carbocycles. The molecule has 1 rings (SSSR count). The summed E-state index contributed by atoms with van der Waals surface area (Å²) in [5.74, 6) is -1.05. The molecule has 0 saturated carbocycles. The van der Waals surface area contributed by atoms with E-state index in [-0.39, 0.29) is 17.2 Å². The Balaban J connectivity index is 2.84. The number of carbonyl (C=O) groups is 1. The Morgan fingerprint density at radius 1 is 1.21 bits per heavy atom. The SMILES string of the molecule is CCCCN(CCCC)C(=O)c1ccc(F)cc1O. The highest BCUT2D eigenvalue weighted by Gasteiger charge is 2.18. The Kier molecular flexibility index (Phi) is 6.33. The van der Waals surface area contributed by atoms with E-state index in [4.69, 9.17) is 0 Å². The minimum absolute atomic E-state index is 0.175. The van der Waals surface area contributed by atoms with Crippen LogP contribution >= 0.6 is 0 Å². The van der Waals surface area contributed by atoms with Gasteiger partial charge in [-0.15, -0.1) is 0 Å². The van der Waals surface area contributed by atoms with Gasteiger partial charge in [0.25, 0.3) is 5.91 Å². The predicted octanol–water partition coefficient (Wildman–Crippen LogP) is 3.57. The molecule has 0 aliphatic heterocycles. The largest absolute Gasteiger partial charge is 0.507 e. The fourth-order valence-electron chi connectivity index (χ4n) is 1.87. The summed E-state index contributed by atoms with van der Waals surface area (Å²) >= 11 is 0. The fraction of sp³-hybridized carbons (Fsp3) is 0.533. The number of rotatable bonds is 7. The van der Waals surface area contributed by atoms with Gasteiger partial charge >= 0.3 is 0 Å². The van der Waals surface area contributed by atoms with Gasteiger partial charge in [0.1, 0.15) is 11.6 Å². The molecule has 3 nitrogen and oxygen atoms in total. The van der Waals surface area contributed by atoms with Gasteiger partial charge < -0.3 is 10.0 Å². The van der Waals surface area contributed by atoms with E-state index >= 15 is 0 Å². The molecule has 0 aliphatic carbocycles. The number of hydrogen-bond acceptors (Lipinski definition) is 2. The molecule has 0 fully saturated rings. The van der Waals surface area contributed by atoms with Crippen molar-refractivity contribution in [3.8, 4) is 5.75 Å². The lowest BCUT2D eigenvalue weighted by Gasteiger charge is -2.22. The molecule has 0 aromatic heterocycles. The van der Waals surface area contributed by atoms with E-state index in [9.17, 15) is 14.3 Å². The van der Waals surface area contributed by atoms with Crippen molar-refractivity contribution in [2.45, 2.75) is 39.5 Å². The third-order valence-corrected chi connectivity index (χ3v) is 3.04. The first kappa shape index (κ1) is 15.5. The molecule has 0 unspecified atom stereocenters. The Bertz CT molecular complexity index is 413. The zero-order valence-corrected chi connectivity index (χ0v) is 11.7. The van der Waals surface area contributed by atoms with Crippen LogP contribution in [-0.2, 0) is 0 Å². The molecule has 1 amide bonds. The lowest BCUT2D eigenvalue weighted by Crippen LogP contribution is -2.33. The van der Waals surface area contributed by atoms with E-state index in [1.807, 2.05) is 0 Å². The van der Waals surface area contributed by atoms with Crippen LogP contribution in [0.25, 0.3) is 0 Å². The Morgan fingerprint density at radius 3 is 2.26 bits per heavy atom. The number of hydrogen-bond donors (Lipinski definition) is 1. The average Bonchev–Trinajstić information content (AvgIpc) is 2.38. The van der Waals surface area contributed by atoms with E-state index in [1.165, 1.54) is 12.1 Å². The molecule has 19 heavy (non-hydrogen) atoms. The second-order valence-electron chi connectivity index (χ2n) is 4.66. The van der Waals surface area contributed by atoms with Gasteiger partial charge in [-0.05, 0) is 25.0 Å². The number of halogens is 1. The maximum Gasteiger partial charge on any atom is 0.257 e. The van der Waals surface area contributed by atoms with Crippen molar-refractivity contribution < 1.29 is 14.3 Å². The van der Waals surface area contributed by atoms with Crippen LogP contribution in [-0.4, -0.2) is 29.0 Å². The molecule has 0 heterocycles. The van der Waals surface area contributed by atoms with Crippen molar-refractivity contribution in [3.05, 3.63) is 29.6 Å². The van der Waals surface area contributed by atoms with E-state index in [1.54, 1.807) is 4.90 Å². The summed E-state index contributed by atoms with van der Waals surface area (Å²) in [5.41, 5.74) is 0.175. The third-order valence-electron chi connectivity index (χ3n) is 3.04. The van der Waals surface area contributed by atoms with Crippen molar-refractivity contribution in [1.82, 2.24) is 4.90 Å². The number of benzene rings is 1. The van der Waals surface area contributed by atoms with Gasteiger partial charge in [0.2, 0.25) is 0 Å². The van der Waals surface area contributed by atoms with Crippen LogP contribution in [0, 0.1) is 5.82 Å². The molecule has 0 bridgehead atoms. The Hall–Kier alpha value is -1.58. The van der Waals surface area contributed by atoms with Gasteiger partial charge in [-0.25, -0.2) is 4.39 Å². The van der Waals surface area contributed by atoms with E-state index in [0.717, 1.165) is 31.7 Å². The molecule has 0 atom stereocenters. The highest BCUT2D eigenvalue weighted by atomic mass is 19.1. The minimum atomic E-state index is -0.539. The number of amides is 1. The summed E-state index contributed by atoms with van der Waals surface area (Å²) in [6.45, 7) is 5.48. The lowest BCUT2D eigenvalue weighted by atomic mass is 10.1. The number of nitrogens with zero attached hydrogens (tertiary/aromatic N) is 1. The van der Waals surface area contributed by atoms with Crippen molar-refractivity contribution in [2.24, 2.45) is 0 Å². The molecule has 1 N–H and O–H groups in total. The van der Waals surface area contributed by atoms with E-state index in [2.05, 4.69) is 13.8 Å². The molecule has 0 spiro atoms. The van der Waals surface area contributed by atoms with Crippen LogP contribution in [0.5, 0.6) is 5.75 Å². The smallest absolute Gasteiger partial charge is 0.257 e. The highest BCUT2D eigenvalue weighted by molar-refractivity contribution is 5.96. The van der Waals surface area contributed by atoms with Crippen LogP contribution in [0.2, 0.25) is 0 Å². The first-order valence-corrected chi connectivity index (χ1v) is 6.88. The maximum atomic E-state index is 12.9. The lowest BCUT2D eigenvalue weighted by molar-refractivity contribution is 0.0748. The van der Waals surface area contributed by atoms with Crippen LogP contribution in [0.15, 0.2) is 18.2 Å². The van der Waals surface area contributed by atoms with Crippen molar-refractivity contribution >= 4 is 5.91 Å². The van der Waals surface area contributed by atoms with Crippen LogP contribution in [0.4, 0.5) is 4.39 Å². The molecule has 1 aromatic rings. The zero-order chi connectivity index (χ0) is 14.3. The zero-order valence-electron chi connectivity index (χ0n) is 11.7. The molecule has 0 radical (unpaired) electrons. The van der Waals surface area contributed by atoms with Gasteiger partial charge in [0.05, 0.1) is 5.56 Å². The number of phenols is 1. The second-order valence-corrected chi connectivity index (χ2v) is 4.66. The van der Waals surface area contributed by atoms with E-state index in [0.29, 0.717) is 13.1 Å². The number of aromatic hydroxyl groups is 1. The summed E-state index contributed by atoms with van der Waals surface area (Å²) < 4.78 is 12.9. The topological polar surface area (TPSA) is 40.5 Å². The van der Waals surface area contributed by atoms with Gasteiger partial charge in [-0.1, -0.05) is 26.7 Å². The number of unbranched alkanes of at least 4 members (excludes halogenated alkanes) is 2. The van der Waals surface area contributed by atoms with Crippen LogP contribution < -0.4 is 0 Å². The molecule has 0 aliphatic rings. The summed E-state index contributed by atoms with van der Waals surface area (Å²) in [7, 11) is 0. The summed E-state index contributed by atoms with van der Waals surface area (Å²) in [5, 5.41) is 9.67. The predicted molar refractivity (Wildman–Crippen MR) is 73.8 cm³/mol. The number of carbonyl (C=O) groups excluding carboxylic acids is 1. The highest BCUT2D eigenvalue weighted by Crippen LogP contribution is 2.20. The summed E-state index contributed by atoms with van der Waals surface area (Å²) in [6, 6.07) is 3.52. The third kappa shape index (κ3) is 4.54. The van der Waals surface area contributed by atoms with E-state index < -0.39 is 5.82 Å². The number of phenolic OH excluding ortho intramolecular Hbond substituents is 1. The molecular formula is C15H22FNO2. The summed E-state index contributed by atoms with van der Waals surface area (Å²) in [6.07, 6.45) is 3.87. The van der Waals surface area contributed by atoms with Gasteiger partial charge in [0.15, 0.2) is 0 Å². The van der Waals surface area contributed by atoms with Gasteiger partial charge in [-0.3, -0.25) is 4.79 Å². The molecular weight excluding hydrogens is 245 g/mol. The maximum absolute atomic E-state index is 12.9. The van der Waals surface area contributed by atoms with Crippen molar-refractivity contribution in [1.29, 1.82) is 0 Å². The molecule has 4 heteroatoms. The monoisotopic (exact) mass is 267 g/mol. The summed E-state index contributed by atoms with van der Waals surface area (Å²) in [4.78, 5) is 14.1. The quantitative estimate of drug-likeness (QED) is 0.820. The van der Waals surface area contributed by atoms with Crippen molar-refractivity contribution in [3.63, 3.8) is 0 Å². The van der Waals surface area contributed by atoms with Crippen LogP contribution in [0.3, 0.4) is 0 Å². The standard InChI is InChI=1S/C15H22FNO2/c1-3-5-9-17(10-6-4-2)15(19)13-8-7-12(16)11-14(13)18/h7-8,11,18H,3-6,9-10H2,1-2H3.